The minimum absolute atomic E-state index is 0.0643. The van der Waals surface area contributed by atoms with Gasteiger partial charge in [0.2, 0.25) is 0 Å². The molecule has 2 aromatic carbocycles. The first-order valence-corrected chi connectivity index (χ1v) is 11.4. The van der Waals surface area contributed by atoms with Crippen molar-refractivity contribution in [2.24, 2.45) is 17.3 Å². The van der Waals surface area contributed by atoms with Crippen LogP contribution in [0.5, 0.6) is 0 Å². The minimum Gasteiger partial charge on any atom is -0.424 e. The van der Waals surface area contributed by atoms with Crippen molar-refractivity contribution in [1.29, 1.82) is 0 Å². The number of fused-ring (bicyclic) bond motifs is 7. The topological polar surface area (TPSA) is 55.1 Å². The molecule has 154 valence electrons. The number of Topliss-reactive ketones (excluding diaryl/α,β-unsaturated/α-hetero) is 1. The molecule has 3 aromatic rings. The van der Waals surface area contributed by atoms with E-state index in [0.717, 1.165) is 43.2 Å². The first kappa shape index (κ1) is 18.2. The van der Waals surface area contributed by atoms with Crippen LogP contribution in [0, 0.1) is 17.3 Å². The van der Waals surface area contributed by atoms with Crippen LogP contribution in [-0.2, 0) is 17.8 Å². The molecule has 1 N–H and O–H groups in total. The molecule has 4 heteroatoms. The van der Waals surface area contributed by atoms with Crippen molar-refractivity contribution in [2.45, 2.75) is 57.9 Å². The van der Waals surface area contributed by atoms with E-state index in [9.17, 15) is 4.79 Å². The molecular formula is C26H28N2O2. The van der Waals surface area contributed by atoms with Gasteiger partial charge in [-0.2, -0.15) is 4.98 Å². The smallest absolute Gasteiger partial charge is 0.295 e. The Morgan fingerprint density at radius 3 is 2.83 bits per heavy atom. The highest BCUT2D eigenvalue weighted by molar-refractivity contribution is 5.87. The Balaban J connectivity index is 1.30. The van der Waals surface area contributed by atoms with E-state index in [2.05, 4.69) is 36.5 Å². The summed E-state index contributed by atoms with van der Waals surface area (Å²) in [5, 5.41) is 3.34. The molecule has 0 bridgehead atoms. The van der Waals surface area contributed by atoms with Crippen LogP contribution in [0.1, 0.15) is 61.6 Å². The number of anilines is 1. The number of benzene rings is 2. The van der Waals surface area contributed by atoms with Crippen molar-refractivity contribution in [3.05, 3.63) is 59.2 Å². The van der Waals surface area contributed by atoms with Gasteiger partial charge in [0.15, 0.2) is 5.58 Å². The normalized spacial score (nSPS) is 30.0. The average Bonchev–Trinajstić information content (AvgIpc) is 3.33. The quantitative estimate of drug-likeness (QED) is 0.598. The number of hydrogen-bond donors (Lipinski definition) is 1. The summed E-state index contributed by atoms with van der Waals surface area (Å²) in [7, 11) is 0. The first-order chi connectivity index (χ1) is 14.6. The van der Waals surface area contributed by atoms with Crippen LogP contribution in [0.4, 0.5) is 6.01 Å². The first-order valence-electron chi connectivity index (χ1n) is 11.4. The summed E-state index contributed by atoms with van der Waals surface area (Å²) >= 11 is 0. The average molecular weight is 401 g/mol. The molecule has 0 saturated heterocycles. The Bertz CT molecular complexity index is 1120. The van der Waals surface area contributed by atoms with E-state index >= 15 is 0 Å². The summed E-state index contributed by atoms with van der Waals surface area (Å²) < 4.78 is 6.02. The maximum atomic E-state index is 12.6. The van der Waals surface area contributed by atoms with Crippen molar-refractivity contribution in [3.8, 4) is 0 Å². The van der Waals surface area contributed by atoms with E-state index in [1.807, 2.05) is 18.2 Å². The lowest BCUT2D eigenvalue weighted by molar-refractivity contribution is -0.129. The molecule has 0 amide bonds. The summed E-state index contributed by atoms with van der Waals surface area (Å²) in [4.78, 5) is 17.4. The lowest BCUT2D eigenvalue weighted by atomic mass is 9.55. The van der Waals surface area contributed by atoms with Crippen LogP contribution in [-0.4, -0.2) is 10.8 Å². The van der Waals surface area contributed by atoms with Crippen LogP contribution in [0.2, 0.25) is 0 Å². The van der Waals surface area contributed by atoms with E-state index in [1.165, 1.54) is 23.1 Å². The molecule has 30 heavy (non-hydrogen) atoms. The van der Waals surface area contributed by atoms with Gasteiger partial charge >= 0.3 is 0 Å². The van der Waals surface area contributed by atoms with Crippen LogP contribution in [0.15, 0.2) is 46.9 Å². The number of hydrogen-bond acceptors (Lipinski definition) is 4. The fraction of sp³-hybridized carbons (Fsp3) is 0.462. The molecule has 4 nitrogen and oxygen atoms in total. The predicted molar refractivity (Wildman–Crippen MR) is 117 cm³/mol. The van der Waals surface area contributed by atoms with Gasteiger partial charge < -0.3 is 9.73 Å². The van der Waals surface area contributed by atoms with E-state index in [4.69, 9.17) is 9.40 Å². The lowest BCUT2D eigenvalue weighted by Crippen LogP contribution is -2.42. The molecule has 2 saturated carbocycles. The van der Waals surface area contributed by atoms with Crippen molar-refractivity contribution >= 4 is 22.9 Å². The van der Waals surface area contributed by atoms with Gasteiger partial charge in [0, 0.05) is 18.4 Å². The molecule has 4 atom stereocenters. The minimum atomic E-state index is -0.0643. The Morgan fingerprint density at radius 1 is 1.10 bits per heavy atom. The molecule has 6 rings (SSSR count). The van der Waals surface area contributed by atoms with E-state index in [-0.39, 0.29) is 5.41 Å². The summed E-state index contributed by atoms with van der Waals surface area (Å²) in [6, 6.07) is 15.3. The molecule has 0 unspecified atom stereocenters. The van der Waals surface area contributed by atoms with Gasteiger partial charge in [-0.1, -0.05) is 43.3 Å². The van der Waals surface area contributed by atoms with Gasteiger partial charge in [0.05, 0.1) is 0 Å². The second-order valence-electron chi connectivity index (χ2n) is 9.67. The number of carbonyl (C=O) groups is 1. The van der Waals surface area contributed by atoms with Gasteiger partial charge in [-0.25, -0.2) is 0 Å². The van der Waals surface area contributed by atoms with E-state index in [1.54, 1.807) is 0 Å². The summed E-state index contributed by atoms with van der Waals surface area (Å²) in [5.41, 5.74) is 5.88. The predicted octanol–water partition coefficient (Wildman–Crippen LogP) is 5.87. The lowest BCUT2D eigenvalue weighted by Gasteiger charge is -2.48. The van der Waals surface area contributed by atoms with Gasteiger partial charge in [-0.3, -0.25) is 4.79 Å². The van der Waals surface area contributed by atoms with Gasteiger partial charge in [0.25, 0.3) is 6.01 Å². The SMILES string of the molecule is C[C@]12CC[C@@H]3c4ccc5oc(NCc6ccccc6)nc5c4CC[C@H]3[C@@H]1CCC2=O. The monoisotopic (exact) mass is 400 g/mol. The maximum absolute atomic E-state index is 12.6. The second kappa shape index (κ2) is 6.69. The molecule has 0 aliphatic heterocycles. The van der Waals surface area contributed by atoms with Crippen LogP contribution < -0.4 is 5.32 Å². The van der Waals surface area contributed by atoms with Crippen molar-refractivity contribution in [2.75, 3.05) is 5.32 Å². The largest absolute Gasteiger partial charge is 0.424 e. The third-order valence-electron chi connectivity index (χ3n) is 8.26. The van der Waals surface area contributed by atoms with E-state index in [0.29, 0.717) is 36.1 Å². The molecular weight excluding hydrogens is 372 g/mol. The highest BCUT2D eigenvalue weighted by atomic mass is 16.4. The molecule has 0 spiro atoms. The Kier molecular flexibility index (Phi) is 4.06. The van der Waals surface area contributed by atoms with Crippen LogP contribution in [0.3, 0.4) is 0 Å². The Labute approximate surface area is 177 Å². The zero-order chi connectivity index (χ0) is 20.3. The van der Waals surface area contributed by atoms with Gasteiger partial charge in [-0.15, -0.1) is 0 Å². The number of nitrogens with one attached hydrogen (secondary N) is 1. The van der Waals surface area contributed by atoms with Crippen molar-refractivity contribution < 1.29 is 9.21 Å². The maximum Gasteiger partial charge on any atom is 0.295 e. The number of nitrogens with zero attached hydrogens (tertiary/aromatic N) is 1. The highest BCUT2D eigenvalue weighted by Gasteiger charge is 2.54. The molecule has 1 heterocycles. The zero-order valence-electron chi connectivity index (χ0n) is 17.5. The third-order valence-corrected chi connectivity index (χ3v) is 8.26. The molecule has 1 aromatic heterocycles. The fourth-order valence-corrected chi connectivity index (χ4v) is 6.68. The standard InChI is InChI=1S/C26H28N2O2/c1-26-14-13-18-17-9-11-22-24(20(17)8-7-19(18)21(26)10-12-23(26)29)28-25(30-22)27-15-16-5-3-2-4-6-16/h2-6,9,11,18-19,21H,7-8,10,12-15H2,1H3,(H,27,28)/t18-,19-,21+,26+/m1/s1. The highest BCUT2D eigenvalue weighted by Crippen LogP contribution is 2.59. The zero-order valence-corrected chi connectivity index (χ0v) is 17.5. The van der Waals surface area contributed by atoms with Gasteiger partial charge in [-0.05, 0) is 72.6 Å². The van der Waals surface area contributed by atoms with Crippen LogP contribution >= 0.6 is 0 Å². The molecule has 3 aliphatic carbocycles. The second-order valence-corrected chi connectivity index (χ2v) is 9.67. The summed E-state index contributed by atoms with van der Waals surface area (Å²) in [6.07, 6.45) is 6.25. The molecule has 0 radical (unpaired) electrons. The van der Waals surface area contributed by atoms with Crippen molar-refractivity contribution in [1.82, 2.24) is 4.98 Å². The molecule has 2 fully saturated rings. The molecule has 3 aliphatic rings. The number of carbonyl (C=O) groups excluding carboxylic acids is 1. The summed E-state index contributed by atoms with van der Waals surface area (Å²) in [5.74, 6) is 2.29. The summed E-state index contributed by atoms with van der Waals surface area (Å²) in [6.45, 7) is 2.94. The number of oxazole rings is 1. The number of aryl methyl sites for hydroxylation is 1. The Hall–Kier alpha value is -2.62. The number of ketones is 1. The Morgan fingerprint density at radius 2 is 1.97 bits per heavy atom. The van der Waals surface area contributed by atoms with Crippen LogP contribution in [0.25, 0.3) is 11.1 Å². The van der Waals surface area contributed by atoms with Crippen molar-refractivity contribution in [3.63, 3.8) is 0 Å². The number of aromatic nitrogens is 1. The number of rotatable bonds is 3. The third kappa shape index (κ3) is 2.65. The van der Waals surface area contributed by atoms with E-state index < -0.39 is 0 Å². The fourth-order valence-electron chi connectivity index (χ4n) is 6.68. The van der Waals surface area contributed by atoms with Gasteiger partial charge in [0.1, 0.15) is 11.3 Å².